The fourth-order valence-electron chi connectivity index (χ4n) is 4.45. The maximum absolute atomic E-state index is 12.7. The molecule has 0 saturated carbocycles. The zero-order valence-corrected chi connectivity index (χ0v) is 18.5. The van der Waals surface area contributed by atoms with Crippen LogP contribution in [0.15, 0.2) is 65.9 Å². The highest BCUT2D eigenvalue weighted by Crippen LogP contribution is 2.30. The van der Waals surface area contributed by atoms with Gasteiger partial charge in [0.2, 0.25) is 0 Å². The normalized spacial score (nSPS) is 21.6. The molecule has 2 aliphatic heterocycles. The molecule has 1 aromatic carbocycles. The Hall–Kier alpha value is -3.91. The van der Waals surface area contributed by atoms with Crippen molar-refractivity contribution < 1.29 is 14.0 Å². The van der Waals surface area contributed by atoms with E-state index in [1.54, 1.807) is 31.0 Å². The average molecular weight is 444 g/mol. The second-order valence-electron chi connectivity index (χ2n) is 8.56. The number of imide groups is 1. The molecule has 1 fully saturated rings. The van der Waals surface area contributed by atoms with Gasteiger partial charge in [-0.05, 0) is 43.7 Å². The molecule has 2 amide bonds. The fraction of sp³-hybridized carbons (Fsp3) is 0.240. The lowest BCUT2D eigenvalue weighted by Gasteiger charge is -2.37. The van der Waals surface area contributed by atoms with Gasteiger partial charge in [0.15, 0.2) is 0 Å². The summed E-state index contributed by atoms with van der Waals surface area (Å²) in [4.78, 5) is 31.7. The molecule has 8 nitrogen and oxygen atoms in total. The van der Waals surface area contributed by atoms with Crippen molar-refractivity contribution in [3.05, 3.63) is 72.6 Å². The molecule has 0 spiro atoms. The number of carbonyl (C=O) groups excluding carboxylic acids is 2. The molecule has 0 unspecified atom stereocenters. The predicted molar refractivity (Wildman–Crippen MR) is 127 cm³/mol. The van der Waals surface area contributed by atoms with Crippen LogP contribution in [0.5, 0.6) is 0 Å². The van der Waals surface area contributed by atoms with Gasteiger partial charge in [0.1, 0.15) is 0 Å². The van der Waals surface area contributed by atoms with Gasteiger partial charge in [-0.2, -0.15) is 0 Å². The van der Waals surface area contributed by atoms with Gasteiger partial charge in [0.25, 0.3) is 11.8 Å². The van der Waals surface area contributed by atoms with E-state index in [0.29, 0.717) is 28.8 Å². The Balaban J connectivity index is 1.44. The number of amides is 2. The molecular weight excluding hydrogens is 418 g/mol. The van der Waals surface area contributed by atoms with Gasteiger partial charge >= 0.3 is 0 Å². The Morgan fingerprint density at radius 2 is 1.85 bits per heavy atom. The van der Waals surface area contributed by atoms with Gasteiger partial charge < -0.3 is 20.0 Å². The monoisotopic (exact) mass is 443 g/mol. The Kier molecular flexibility index (Phi) is 5.43. The van der Waals surface area contributed by atoms with Crippen molar-refractivity contribution >= 4 is 28.8 Å². The van der Waals surface area contributed by atoms with Gasteiger partial charge in [-0.15, -0.1) is 0 Å². The first-order valence-corrected chi connectivity index (χ1v) is 10.9. The zero-order chi connectivity index (χ0) is 22.9. The van der Waals surface area contributed by atoms with E-state index in [2.05, 4.69) is 39.7 Å². The van der Waals surface area contributed by atoms with E-state index >= 15 is 0 Å². The summed E-state index contributed by atoms with van der Waals surface area (Å²) >= 11 is 0. The van der Waals surface area contributed by atoms with Crippen molar-refractivity contribution in [2.24, 2.45) is 0 Å². The minimum absolute atomic E-state index is 0.379. The Labute approximate surface area is 191 Å². The van der Waals surface area contributed by atoms with E-state index in [4.69, 9.17) is 4.42 Å². The molecule has 2 atom stereocenters. The van der Waals surface area contributed by atoms with E-state index in [9.17, 15) is 9.59 Å². The highest BCUT2D eigenvalue weighted by atomic mass is 16.3. The maximum atomic E-state index is 12.7. The van der Waals surface area contributed by atoms with Crippen LogP contribution in [0.2, 0.25) is 0 Å². The molecule has 0 bridgehead atoms. The van der Waals surface area contributed by atoms with Crippen LogP contribution in [0.25, 0.3) is 16.7 Å². The number of hydrogen-bond donors (Lipinski definition) is 3. The first-order chi connectivity index (χ1) is 16.0. The summed E-state index contributed by atoms with van der Waals surface area (Å²) in [6, 6.07) is 10.0. The first kappa shape index (κ1) is 21.0. The minimum Gasteiger partial charge on any atom is -0.472 e. The van der Waals surface area contributed by atoms with E-state index in [1.807, 2.05) is 30.5 Å². The number of pyridine rings is 1. The van der Waals surface area contributed by atoms with Gasteiger partial charge in [-0.25, -0.2) is 0 Å². The van der Waals surface area contributed by atoms with Gasteiger partial charge in [0.05, 0.1) is 41.9 Å². The summed E-state index contributed by atoms with van der Waals surface area (Å²) < 4.78 is 5.17. The second-order valence-corrected chi connectivity index (χ2v) is 8.56. The van der Waals surface area contributed by atoms with Gasteiger partial charge in [0, 0.05) is 48.1 Å². The third-order valence-corrected chi connectivity index (χ3v) is 5.91. The van der Waals surface area contributed by atoms with Crippen molar-refractivity contribution in [3.8, 4) is 11.1 Å². The number of nitrogens with zero attached hydrogens (tertiary/aromatic N) is 2. The Morgan fingerprint density at radius 3 is 2.61 bits per heavy atom. The summed E-state index contributed by atoms with van der Waals surface area (Å²) in [6.07, 6.45) is 8.41. The number of hydrogen-bond acceptors (Lipinski definition) is 7. The van der Waals surface area contributed by atoms with Crippen LogP contribution in [0.4, 0.5) is 11.4 Å². The molecule has 1 saturated heterocycles. The standard InChI is InChI=1S/C25H25N5O3/c1-15-12-30(13-16(2)28-15)20-8-19(9-26-10-20)27-11-23-22-7-17(18-5-6-33-14-18)3-4-21(22)24(31)29-25(23)32/h3-11,14-16,27-28H,12-13H2,1-2H3,(H,29,31,32)/t15-,16+. The number of benzene rings is 1. The van der Waals surface area contributed by atoms with Crippen molar-refractivity contribution in [2.75, 3.05) is 23.3 Å². The van der Waals surface area contributed by atoms with Crippen LogP contribution in [-0.4, -0.2) is 42.0 Å². The van der Waals surface area contributed by atoms with E-state index in [1.165, 1.54) is 0 Å². The van der Waals surface area contributed by atoms with Crippen LogP contribution < -0.4 is 20.9 Å². The van der Waals surface area contributed by atoms with Gasteiger partial charge in [-0.1, -0.05) is 6.07 Å². The molecule has 168 valence electrons. The molecule has 5 rings (SSSR count). The summed E-state index contributed by atoms with van der Waals surface area (Å²) in [5.74, 6) is -0.852. The predicted octanol–water partition coefficient (Wildman–Crippen LogP) is 3.25. The average Bonchev–Trinajstić information content (AvgIpc) is 3.33. The molecule has 33 heavy (non-hydrogen) atoms. The van der Waals surface area contributed by atoms with Crippen LogP contribution in [0, 0.1) is 0 Å². The van der Waals surface area contributed by atoms with Crippen LogP contribution in [-0.2, 0) is 4.79 Å². The first-order valence-electron chi connectivity index (χ1n) is 10.9. The van der Waals surface area contributed by atoms with Crippen molar-refractivity contribution in [3.63, 3.8) is 0 Å². The number of aromatic nitrogens is 1. The Morgan fingerprint density at radius 1 is 1.03 bits per heavy atom. The number of rotatable bonds is 4. The lowest BCUT2D eigenvalue weighted by molar-refractivity contribution is -0.114. The Bertz CT molecular complexity index is 1220. The third-order valence-electron chi connectivity index (χ3n) is 5.91. The largest absolute Gasteiger partial charge is 0.472 e. The van der Waals surface area contributed by atoms with Crippen LogP contribution in [0.1, 0.15) is 29.8 Å². The third kappa shape index (κ3) is 4.25. The molecule has 4 heterocycles. The summed E-state index contributed by atoms with van der Waals surface area (Å²) in [5.41, 5.74) is 4.92. The number of fused-ring (bicyclic) bond motifs is 1. The SMILES string of the molecule is C[C@@H]1CN(c2cncc(NC=C3C(=O)NC(=O)c4ccc(-c5ccoc5)cc43)c2)C[C@H](C)N1. The summed E-state index contributed by atoms with van der Waals surface area (Å²) in [5, 5.41) is 9.14. The second kappa shape index (κ2) is 8.55. The molecule has 2 aromatic heterocycles. The lowest BCUT2D eigenvalue weighted by Crippen LogP contribution is -2.54. The highest BCUT2D eigenvalue weighted by molar-refractivity contribution is 6.31. The number of nitrogens with one attached hydrogen (secondary N) is 3. The molecule has 8 heteroatoms. The minimum atomic E-state index is -0.446. The molecular formula is C25H25N5O3. The molecule has 3 N–H and O–H groups in total. The number of piperazine rings is 1. The van der Waals surface area contributed by atoms with Gasteiger partial charge in [-0.3, -0.25) is 19.9 Å². The maximum Gasteiger partial charge on any atom is 0.260 e. The molecule has 0 radical (unpaired) electrons. The topological polar surface area (TPSA) is 99.5 Å². The van der Waals surface area contributed by atoms with Crippen molar-refractivity contribution in [1.29, 1.82) is 0 Å². The molecule has 3 aromatic rings. The fourth-order valence-corrected chi connectivity index (χ4v) is 4.45. The van der Waals surface area contributed by atoms with E-state index in [-0.39, 0.29) is 0 Å². The number of anilines is 2. The van der Waals surface area contributed by atoms with E-state index in [0.717, 1.165) is 35.6 Å². The zero-order valence-electron chi connectivity index (χ0n) is 18.5. The quantitative estimate of drug-likeness (QED) is 0.420. The number of furan rings is 1. The van der Waals surface area contributed by atoms with Crippen molar-refractivity contribution in [2.45, 2.75) is 25.9 Å². The van der Waals surface area contributed by atoms with Crippen LogP contribution >= 0.6 is 0 Å². The summed E-state index contributed by atoms with van der Waals surface area (Å²) in [6.45, 7) is 6.12. The number of carbonyl (C=O) groups is 2. The smallest absolute Gasteiger partial charge is 0.260 e. The lowest BCUT2D eigenvalue weighted by atomic mass is 9.92. The highest BCUT2D eigenvalue weighted by Gasteiger charge is 2.28. The summed E-state index contributed by atoms with van der Waals surface area (Å²) in [7, 11) is 0. The van der Waals surface area contributed by atoms with Crippen LogP contribution in [0.3, 0.4) is 0 Å². The van der Waals surface area contributed by atoms with E-state index < -0.39 is 11.8 Å². The molecule has 2 aliphatic rings. The van der Waals surface area contributed by atoms with Crippen molar-refractivity contribution in [1.82, 2.24) is 15.6 Å². The molecule has 0 aliphatic carbocycles.